The van der Waals surface area contributed by atoms with Crippen molar-refractivity contribution in [2.24, 2.45) is 0 Å². The average Bonchev–Trinajstić information content (AvgIpc) is 2.62. The Kier molecular flexibility index (Phi) is 5.02. The lowest BCUT2D eigenvalue weighted by molar-refractivity contribution is -0.935. The van der Waals surface area contributed by atoms with E-state index in [0.29, 0.717) is 6.42 Å². The summed E-state index contributed by atoms with van der Waals surface area (Å²) in [5.41, 5.74) is 2.13. The molecule has 1 N–H and O–H groups in total. The Bertz CT molecular complexity index is 588. The predicted molar refractivity (Wildman–Crippen MR) is 89.1 cm³/mol. The third-order valence-electron chi connectivity index (χ3n) is 4.68. The third kappa shape index (κ3) is 3.63. The Hall–Kier alpha value is -1.93. The molecular formula is C20H24NO+. The van der Waals surface area contributed by atoms with Crippen molar-refractivity contribution >= 4 is 5.78 Å². The van der Waals surface area contributed by atoms with Crippen LogP contribution in [0.5, 0.6) is 0 Å². The van der Waals surface area contributed by atoms with Gasteiger partial charge in [0.05, 0.1) is 19.5 Å². The van der Waals surface area contributed by atoms with E-state index in [9.17, 15) is 4.79 Å². The molecule has 2 heteroatoms. The molecule has 1 fully saturated rings. The van der Waals surface area contributed by atoms with Crippen molar-refractivity contribution in [3.63, 3.8) is 0 Å². The van der Waals surface area contributed by atoms with Crippen molar-refractivity contribution in [1.29, 1.82) is 0 Å². The zero-order valence-electron chi connectivity index (χ0n) is 13.0. The second-order valence-electron chi connectivity index (χ2n) is 6.18. The molecule has 1 saturated heterocycles. The quantitative estimate of drug-likeness (QED) is 0.841. The molecule has 2 nitrogen and oxygen atoms in total. The summed E-state index contributed by atoms with van der Waals surface area (Å²) in [6, 6.07) is 20.5. The SMILES string of the molecule is O=C(C[C@H](c1ccccc1)[NH+]1CCCCC1)c1ccccc1. The van der Waals surface area contributed by atoms with Crippen molar-refractivity contribution in [3.05, 3.63) is 71.8 Å². The van der Waals surface area contributed by atoms with E-state index in [1.165, 1.54) is 37.9 Å². The fourth-order valence-corrected chi connectivity index (χ4v) is 3.46. The van der Waals surface area contributed by atoms with E-state index >= 15 is 0 Å². The molecule has 0 spiro atoms. The number of carbonyl (C=O) groups is 1. The number of carbonyl (C=O) groups excluding carboxylic acids is 1. The minimum atomic E-state index is 0.257. The van der Waals surface area contributed by atoms with Gasteiger partial charge in [0.1, 0.15) is 6.04 Å². The van der Waals surface area contributed by atoms with Crippen LogP contribution in [0.3, 0.4) is 0 Å². The Balaban J connectivity index is 1.81. The van der Waals surface area contributed by atoms with E-state index in [4.69, 9.17) is 0 Å². The van der Waals surface area contributed by atoms with Gasteiger partial charge in [-0.3, -0.25) is 4.79 Å². The number of quaternary nitrogens is 1. The van der Waals surface area contributed by atoms with Gasteiger partial charge in [0.2, 0.25) is 0 Å². The molecular weight excluding hydrogens is 270 g/mol. The monoisotopic (exact) mass is 294 g/mol. The molecule has 0 aromatic heterocycles. The van der Waals surface area contributed by atoms with E-state index in [2.05, 4.69) is 24.3 Å². The number of nitrogens with one attached hydrogen (secondary N) is 1. The number of piperidine rings is 1. The minimum absolute atomic E-state index is 0.257. The van der Waals surface area contributed by atoms with Crippen LogP contribution < -0.4 is 4.90 Å². The molecule has 3 rings (SSSR count). The molecule has 114 valence electrons. The summed E-state index contributed by atoms with van der Waals surface area (Å²) in [6.07, 6.45) is 4.48. The van der Waals surface area contributed by atoms with Gasteiger partial charge in [0, 0.05) is 11.1 Å². The normalized spacial score (nSPS) is 17.1. The van der Waals surface area contributed by atoms with Crippen LogP contribution >= 0.6 is 0 Å². The van der Waals surface area contributed by atoms with Crippen LogP contribution in [0.15, 0.2) is 60.7 Å². The maximum atomic E-state index is 12.7. The summed E-state index contributed by atoms with van der Waals surface area (Å²) in [4.78, 5) is 14.2. The van der Waals surface area contributed by atoms with Gasteiger partial charge in [-0.1, -0.05) is 60.7 Å². The van der Waals surface area contributed by atoms with Crippen molar-refractivity contribution in [3.8, 4) is 0 Å². The number of ketones is 1. The van der Waals surface area contributed by atoms with E-state index in [1.807, 2.05) is 36.4 Å². The molecule has 1 heterocycles. The largest absolute Gasteiger partial charge is 0.328 e. The van der Waals surface area contributed by atoms with Gasteiger partial charge < -0.3 is 4.90 Å². The van der Waals surface area contributed by atoms with Gasteiger partial charge in [-0.15, -0.1) is 0 Å². The van der Waals surface area contributed by atoms with Crippen molar-refractivity contribution in [2.75, 3.05) is 13.1 Å². The van der Waals surface area contributed by atoms with Crippen molar-refractivity contribution in [2.45, 2.75) is 31.7 Å². The fourth-order valence-electron chi connectivity index (χ4n) is 3.46. The fraction of sp³-hybridized carbons (Fsp3) is 0.350. The highest BCUT2D eigenvalue weighted by Gasteiger charge is 2.28. The summed E-state index contributed by atoms with van der Waals surface area (Å²) in [7, 11) is 0. The Morgan fingerprint density at radius 1 is 0.864 bits per heavy atom. The molecule has 0 aliphatic carbocycles. The molecule has 1 aliphatic rings. The van der Waals surface area contributed by atoms with Gasteiger partial charge in [0.25, 0.3) is 0 Å². The van der Waals surface area contributed by atoms with Gasteiger partial charge in [0.15, 0.2) is 5.78 Å². The lowest BCUT2D eigenvalue weighted by Gasteiger charge is -2.31. The molecule has 0 bridgehead atoms. The number of Topliss-reactive ketones (excluding diaryl/α,β-unsaturated/α-hetero) is 1. The molecule has 0 unspecified atom stereocenters. The first-order valence-corrected chi connectivity index (χ1v) is 8.32. The minimum Gasteiger partial charge on any atom is -0.328 e. The van der Waals surface area contributed by atoms with Crippen LogP contribution in [0.1, 0.15) is 47.6 Å². The topological polar surface area (TPSA) is 21.5 Å². The van der Waals surface area contributed by atoms with E-state index in [-0.39, 0.29) is 11.8 Å². The maximum absolute atomic E-state index is 12.7. The average molecular weight is 294 g/mol. The van der Waals surface area contributed by atoms with Gasteiger partial charge in [-0.05, 0) is 19.3 Å². The molecule has 0 saturated carbocycles. The molecule has 1 aliphatic heterocycles. The Morgan fingerprint density at radius 3 is 2.09 bits per heavy atom. The smallest absolute Gasteiger partial charge is 0.169 e. The van der Waals surface area contributed by atoms with Gasteiger partial charge >= 0.3 is 0 Å². The van der Waals surface area contributed by atoms with Crippen LogP contribution in [0.2, 0.25) is 0 Å². The molecule has 0 radical (unpaired) electrons. The predicted octanol–water partition coefficient (Wildman–Crippen LogP) is 3.07. The maximum Gasteiger partial charge on any atom is 0.169 e. The molecule has 22 heavy (non-hydrogen) atoms. The molecule has 2 aromatic rings. The van der Waals surface area contributed by atoms with Gasteiger partial charge in [-0.25, -0.2) is 0 Å². The first-order valence-electron chi connectivity index (χ1n) is 8.32. The van der Waals surface area contributed by atoms with E-state index in [1.54, 1.807) is 4.90 Å². The van der Waals surface area contributed by atoms with E-state index < -0.39 is 0 Å². The number of benzene rings is 2. The van der Waals surface area contributed by atoms with Crippen LogP contribution in [-0.2, 0) is 0 Å². The highest BCUT2D eigenvalue weighted by atomic mass is 16.1. The van der Waals surface area contributed by atoms with Crippen LogP contribution in [0.4, 0.5) is 0 Å². The van der Waals surface area contributed by atoms with E-state index in [0.717, 1.165) is 5.56 Å². The highest BCUT2D eigenvalue weighted by Crippen LogP contribution is 2.18. The summed E-state index contributed by atoms with van der Waals surface area (Å²) in [5.74, 6) is 0.257. The van der Waals surface area contributed by atoms with Crippen LogP contribution in [0.25, 0.3) is 0 Å². The van der Waals surface area contributed by atoms with Crippen LogP contribution in [-0.4, -0.2) is 18.9 Å². The summed E-state index contributed by atoms with van der Waals surface area (Å²) in [5, 5.41) is 0. The summed E-state index contributed by atoms with van der Waals surface area (Å²) in [6.45, 7) is 2.36. The third-order valence-corrected chi connectivity index (χ3v) is 4.68. The first kappa shape index (κ1) is 15.0. The number of hydrogen-bond acceptors (Lipinski definition) is 1. The summed E-state index contributed by atoms with van der Waals surface area (Å²) < 4.78 is 0. The van der Waals surface area contributed by atoms with Crippen LogP contribution in [0, 0.1) is 0 Å². The standard InChI is InChI=1S/C20H23NO/c22-20(18-12-6-2-7-13-18)16-19(17-10-4-1-5-11-17)21-14-8-3-9-15-21/h1-2,4-7,10-13,19H,3,8-9,14-16H2/p+1/t19-/m1/s1. The van der Waals surface area contributed by atoms with Crippen molar-refractivity contribution < 1.29 is 9.69 Å². The lowest BCUT2D eigenvalue weighted by atomic mass is 9.95. The number of likely N-dealkylation sites (tertiary alicyclic amines) is 1. The van der Waals surface area contributed by atoms with Crippen molar-refractivity contribution in [1.82, 2.24) is 0 Å². The molecule has 0 amide bonds. The molecule has 2 aromatic carbocycles. The Labute approximate surface area is 132 Å². The second kappa shape index (κ2) is 7.37. The number of hydrogen-bond donors (Lipinski definition) is 1. The number of rotatable bonds is 5. The summed E-state index contributed by atoms with van der Waals surface area (Å²) >= 11 is 0. The Morgan fingerprint density at radius 2 is 1.45 bits per heavy atom. The zero-order chi connectivity index (χ0) is 15.2. The first-order chi connectivity index (χ1) is 10.8. The molecule has 1 atom stereocenters. The highest BCUT2D eigenvalue weighted by molar-refractivity contribution is 5.96. The lowest BCUT2D eigenvalue weighted by Crippen LogP contribution is -3.13. The zero-order valence-corrected chi connectivity index (χ0v) is 13.0. The van der Waals surface area contributed by atoms with Gasteiger partial charge in [-0.2, -0.15) is 0 Å². The second-order valence-corrected chi connectivity index (χ2v) is 6.18.